The van der Waals surface area contributed by atoms with E-state index in [-0.39, 0.29) is 0 Å². The van der Waals surface area contributed by atoms with Crippen LogP contribution in [0.25, 0.3) is 10.9 Å². The lowest BCUT2D eigenvalue weighted by atomic mass is 9.82. The molecule has 1 heterocycles. The Morgan fingerprint density at radius 2 is 1.81 bits per heavy atom. The van der Waals surface area contributed by atoms with Gasteiger partial charge in [0.15, 0.2) is 0 Å². The summed E-state index contributed by atoms with van der Waals surface area (Å²) in [6.07, 6.45) is 5.91. The van der Waals surface area contributed by atoms with E-state index in [4.69, 9.17) is 4.65 Å². The number of benzene rings is 1. The highest BCUT2D eigenvalue weighted by atomic mass is 16.5. The molecule has 2 aromatic rings. The van der Waals surface area contributed by atoms with Crippen molar-refractivity contribution in [3.8, 4) is 0 Å². The molecule has 26 heavy (non-hydrogen) atoms. The second kappa shape index (κ2) is 6.70. The van der Waals surface area contributed by atoms with Crippen LogP contribution in [0, 0.1) is 0 Å². The smallest absolute Gasteiger partial charge is 0.309 e. The predicted molar refractivity (Wildman–Crippen MR) is 108 cm³/mol. The minimum absolute atomic E-state index is 0.462. The van der Waals surface area contributed by atoms with Gasteiger partial charge < -0.3 is 19.4 Å². The van der Waals surface area contributed by atoms with Gasteiger partial charge in [-0.05, 0) is 77.8 Å². The van der Waals surface area contributed by atoms with Crippen molar-refractivity contribution in [1.82, 2.24) is 4.57 Å². The van der Waals surface area contributed by atoms with Crippen LogP contribution in [0.2, 0.25) is 0 Å². The Hall–Kier alpha value is -1.30. The van der Waals surface area contributed by atoms with Crippen molar-refractivity contribution in [3.63, 3.8) is 0 Å². The first kappa shape index (κ1) is 19.5. The Morgan fingerprint density at radius 1 is 1.15 bits per heavy atom. The zero-order valence-corrected chi connectivity index (χ0v) is 16.7. The molecule has 2 N–H and O–H groups in total. The Morgan fingerprint density at radius 3 is 2.42 bits per heavy atom. The van der Waals surface area contributed by atoms with E-state index in [2.05, 4.69) is 35.0 Å². The molecule has 0 spiro atoms. The van der Waals surface area contributed by atoms with Crippen LogP contribution in [-0.2, 0) is 4.65 Å². The number of aromatic nitrogens is 1. The van der Waals surface area contributed by atoms with E-state index in [1.807, 2.05) is 20.8 Å². The fraction of sp³-hybridized carbons (Fsp3) is 0.619. The Labute approximate surface area is 157 Å². The Bertz CT molecular complexity index is 763. The average molecular weight is 357 g/mol. The van der Waals surface area contributed by atoms with Crippen molar-refractivity contribution in [3.05, 3.63) is 30.5 Å². The first-order chi connectivity index (χ1) is 12.0. The third-order valence-electron chi connectivity index (χ3n) is 6.28. The minimum Gasteiger partial charge on any atom is -0.427 e. The average Bonchev–Trinajstić information content (AvgIpc) is 2.95. The highest BCUT2D eigenvalue weighted by Crippen LogP contribution is 2.36. The molecule has 4 nitrogen and oxygen atoms in total. The Balaban J connectivity index is 1.73. The van der Waals surface area contributed by atoms with Crippen LogP contribution in [0.4, 0.5) is 0 Å². The number of nitrogens with zero attached hydrogens (tertiary/aromatic N) is 1. The molecule has 1 aromatic heterocycles. The van der Waals surface area contributed by atoms with Gasteiger partial charge in [-0.3, -0.25) is 0 Å². The summed E-state index contributed by atoms with van der Waals surface area (Å²) in [5.41, 5.74) is 0.327. The van der Waals surface area contributed by atoms with Crippen LogP contribution in [0.1, 0.15) is 66.3 Å². The molecule has 0 bridgehead atoms. The third kappa shape index (κ3) is 4.00. The molecule has 5 heteroatoms. The third-order valence-corrected chi connectivity index (χ3v) is 6.28. The zero-order valence-electron chi connectivity index (χ0n) is 16.7. The van der Waals surface area contributed by atoms with Crippen molar-refractivity contribution in [2.45, 2.75) is 83.1 Å². The van der Waals surface area contributed by atoms with E-state index < -0.39 is 16.8 Å². The zero-order chi connectivity index (χ0) is 19.2. The molecule has 0 radical (unpaired) electrons. The van der Waals surface area contributed by atoms with Crippen LogP contribution < -0.4 is 5.46 Å². The molecule has 1 aliphatic carbocycles. The van der Waals surface area contributed by atoms with E-state index >= 15 is 0 Å². The number of aliphatic hydroxyl groups is 2. The summed E-state index contributed by atoms with van der Waals surface area (Å²) in [6, 6.07) is 9.07. The summed E-state index contributed by atoms with van der Waals surface area (Å²) < 4.78 is 8.35. The van der Waals surface area contributed by atoms with Crippen molar-refractivity contribution >= 4 is 23.8 Å². The van der Waals surface area contributed by atoms with Gasteiger partial charge in [0.05, 0.1) is 16.8 Å². The first-order valence-electron chi connectivity index (χ1n) is 9.67. The van der Waals surface area contributed by atoms with E-state index in [9.17, 15) is 10.2 Å². The maximum Gasteiger partial charge on any atom is 0.309 e. The van der Waals surface area contributed by atoms with E-state index in [0.29, 0.717) is 13.5 Å². The summed E-state index contributed by atoms with van der Waals surface area (Å²) in [6.45, 7) is 9.33. The summed E-state index contributed by atoms with van der Waals surface area (Å²) in [4.78, 5) is 0. The molecule has 0 aliphatic heterocycles. The first-order valence-corrected chi connectivity index (χ1v) is 9.67. The topological polar surface area (TPSA) is 54.6 Å². The van der Waals surface area contributed by atoms with Crippen LogP contribution in [-0.4, -0.2) is 39.1 Å². The monoisotopic (exact) mass is 357 g/mol. The van der Waals surface area contributed by atoms with Crippen LogP contribution in [0.3, 0.4) is 0 Å². The number of rotatable bonds is 5. The van der Waals surface area contributed by atoms with Crippen LogP contribution in [0.15, 0.2) is 30.5 Å². The van der Waals surface area contributed by atoms with Gasteiger partial charge >= 0.3 is 7.48 Å². The standard InChI is InChI=1S/C21H32BNO3/c1-19(2,24)20(3,4)26-22-16-6-7-18-15(14-16)10-13-23(18)17-8-11-21(5,25)12-9-17/h6-7,10,13-14,17,22,24-25H,8-9,11-12H2,1-5H3/t17-,21-. The highest BCUT2D eigenvalue weighted by molar-refractivity contribution is 6.47. The maximum absolute atomic E-state index is 10.2. The van der Waals surface area contributed by atoms with Crippen molar-refractivity contribution in [2.24, 2.45) is 0 Å². The summed E-state index contributed by atoms with van der Waals surface area (Å²) in [7, 11) is 0.477. The van der Waals surface area contributed by atoms with Gasteiger partial charge in [-0.15, -0.1) is 0 Å². The lowest BCUT2D eigenvalue weighted by Gasteiger charge is -2.37. The number of hydrogen-bond donors (Lipinski definition) is 2. The van der Waals surface area contributed by atoms with Crippen LogP contribution in [0.5, 0.6) is 0 Å². The van der Waals surface area contributed by atoms with Gasteiger partial charge in [0, 0.05) is 17.8 Å². The van der Waals surface area contributed by atoms with Crippen molar-refractivity contribution in [1.29, 1.82) is 0 Å². The summed E-state index contributed by atoms with van der Waals surface area (Å²) >= 11 is 0. The molecule has 0 saturated heterocycles. The van der Waals surface area contributed by atoms with E-state index in [1.165, 1.54) is 10.9 Å². The molecule has 3 rings (SSSR count). The normalized spacial score (nSPS) is 24.8. The highest BCUT2D eigenvalue weighted by Gasteiger charge is 2.35. The lowest BCUT2D eigenvalue weighted by Crippen LogP contribution is -2.49. The van der Waals surface area contributed by atoms with Gasteiger partial charge in [-0.25, -0.2) is 0 Å². The fourth-order valence-electron chi connectivity index (χ4n) is 3.56. The Kier molecular flexibility index (Phi) is 5.02. The molecule has 1 fully saturated rings. The minimum atomic E-state index is -0.900. The SMILES string of the molecule is CC(C)(O)C(C)(C)OBc1ccc2c(ccn2[C@H]2CC[C@](C)(O)CC2)c1. The quantitative estimate of drug-likeness (QED) is 0.809. The van der Waals surface area contributed by atoms with Crippen molar-refractivity contribution < 1.29 is 14.9 Å². The van der Waals surface area contributed by atoms with E-state index in [0.717, 1.165) is 31.1 Å². The summed E-state index contributed by atoms with van der Waals surface area (Å²) in [5.74, 6) is 0. The molecule has 0 amide bonds. The van der Waals surface area contributed by atoms with Crippen LogP contribution >= 0.6 is 0 Å². The molecule has 1 aromatic carbocycles. The van der Waals surface area contributed by atoms with Gasteiger partial charge in [0.25, 0.3) is 0 Å². The second-order valence-corrected chi connectivity index (χ2v) is 9.20. The molecule has 142 valence electrons. The molecular formula is C21H32BNO3. The van der Waals surface area contributed by atoms with E-state index in [1.54, 1.807) is 13.8 Å². The van der Waals surface area contributed by atoms with Gasteiger partial charge in [0.2, 0.25) is 0 Å². The molecule has 1 saturated carbocycles. The predicted octanol–water partition coefficient (Wildman–Crippen LogP) is 3.05. The summed E-state index contributed by atoms with van der Waals surface area (Å²) in [5, 5.41) is 21.6. The molecule has 0 unspecified atom stereocenters. The fourth-order valence-corrected chi connectivity index (χ4v) is 3.56. The van der Waals surface area contributed by atoms with Crippen molar-refractivity contribution in [2.75, 3.05) is 0 Å². The number of hydrogen-bond acceptors (Lipinski definition) is 3. The maximum atomic E-state index is 10.2. The number of fused-ring (bicyclic) bond motifs is 1. The molecule has 0 atom stereocenters. The second-order valence-electron chi connectivity index (χ2n) is 9.20. The molecule has 1 aliphatic rings. The lowest BCUT2D eigenvalue weighted by molar-refractivity contribution is -0.0893. The largest absolute Gasteiger partial charge is 0.427 e. The molecular weight excluding hydrogens is 325 g/mol. The van der Waals surface area contributed by atoms with Gasteiger partial charge in [0.1, 0.15) is 0 Å². The van der Waals surface area contributed by atoms with Gasteiger partial charge in [-0.2, -0.15) is 0 Å². The van der Waals surface area contributed by atoms with Gasteiger partial charge in [-0.1, -0.05) is 17.6 Å².